The minimum Gasteiger partial charge on any atom is -0.459 e. The molecule has 0 aliphatic rings. The van der Waals surface area contributed by atoms with Crippen LogP contribution in [0.15, 0.2) is 69.5 Å². The highest BCUT2D eigenvalue weighted by molar-refractivity contribution is 5.96. The molecule has 22 heavy (non-hydrogen) atoms. The van der Waals surface area contributed by atoms with Crippen molar-refractivity contribution >= 4 is 27.8 Å². The molecule has 108 valence electrons. The summed E-state index contributed by atoms with van der Waals surface area (Å²) in [5.74, 6) is 0.764. The van der Waals surface area contributed by atoms with Crippen LogP contribution < -0.4 is 5.32 Å². The van der Waals surface area contributed by atoms with Gasteiger partial charge in [-0.2, -0.15) is 0 Å². The Morgan fingerprint density at radius 3 is 2.18 bits per heavy atom. The molecule has 4 aromatic rings. The van der Waals surface area contributed by atoms with Crippen LogP contribution in [0, 0.1) is 0 Å². The minimum absolute atomic E-state index is 0.253. The first-order valence-electron chi connectivity index (χ1n) is 7.04. The summed E-state index contributed by atoms with van der Waals surface area (Å²) in [6.45, 7) is 0.324. The van der Waals surface area contributed by atoms with E-state index in [1.165, 1.54) is 0 Å². The van der Waals surface area contributed by atoms with Gasteiger partial charge in [0.1, 0.15) is 16.9 Å². The first-order valence-corrected chi connectivity index (χ1v) is 7.04. The van der Waals surface area contributed by atoms with Crippen molar-refractivity contribution in [2.45, 2.75) is 6.54 Å². The molecule has 2 heterocycles. The smallest absolute Gasteiger partial charge is 0.287 e. The number of hydrogen-bond donors (Lipinski definition) is 1. The molecule has 0 saturated heterocycles. The maximum Gasteiger partial charge on any atom is 0.287 e. The third-order valence-corrected chi connectivity index (χ3v) is 3.55. The van der Waals surface area contributed by atoms with E-state index in [1.807, 2.05) is 54.6 Å². The monoisotopic (exact) mass is 291 g/mol. The summed E-state index contributed by atoms with van der Waals surface area (Å²) in [6, 6.07) is 19.0. The van der Waals surface area contributed by atoms with E-state index in [1.54, 1.807) is 6.07 Å². The second-order valence-corrected chi connectivity index (χ2v) is 5.08. The summed E-state index contributed by atoms with van der Waals surface area (Å²) in [7, 11) is 0. The predicted molar refractivity (Wildman–Crippen MR) is 83.6 cm³/mol. The molecule has 0 atom stereocenters. The van der Waals surface area contributed by atoms with Gasteiger partial charge in [-0.25, -0.2) is 0 Å². The van der Waals surface area contributed by atoms with Crippen LogP contribution in [0.3, 0.4) is 0 Å². The molecular weight excluding hydrogens is 278 g/mol. The lowest BCUT2D eigenvalue weighted by molar-refractivity contribution is 0.0922. The molecule has 4 rings (SSSR count). The number of amides is 1. The minimum atomic E-state index is -0.253. The zero-order valence-corrected chi connectivity index (χ0v) is 11.7. The number of rotatable bonds is 3. The average molecular weight is 291 g/mol. The van der Waals surface area contributed by atoms with Crippen molar-refractivity contribution in [3.8, 4) is 0 Å². The number of furan rings is 2. The van der Waals surface area contributed by atoms with Crippen molar-refractivity contribution < 1.29 is 13.6 Å². The van der Waals surface area contributed by atoms with Gasteiger partial charge in [-0.3, -0.25) is 4.79 Å². The fraction of sp³-hybridized carbons (Fsp3) is 0.0556. The van der Waals surface area contributed by atoms with Crippen LogP contribution in [0.25, 0.3) is 21.9 Å². The van der Waals surface area contributed by atoms with Crippen LogP contribution in [0.2, 0.25) is 0 Å². The number of hydrogen-bond acceptors (Lipinski definition) is 3. The Morgan fingerprint density at radius 1 is 0.864 bits per heavy atom. The van der Waals surface area contributed by atoms with Gasteiger partial charge in [0.25, 0.3) is 5.91 Å². The second kappa shape index (κ2) is 5.07. The van der Waals surface area contributed by atoms with Crippen LogP contribution in [-0.2, 0) is 6.54 Å². The summed E-state index contributed by atoms with van der Waals surface area (Å²) in [6.07, 6.45) is 0. The maximum absolute atomic E-state index is 12.2. The van der Waals surface area contributed by atoms with Crippen molar-refractivity contribution in [1.82, 2.24) is 5.32 Å². The fourth-order valence-corrected chi connectivity index (χ4v) is 2.47. The predicted octanol–water partition coefficient (Wildman–Crippen LogP) is 4.11. The normalized spacial score (nSPS) is 11.1. The summed E-state index contributed by atoms with van der Waals surface area (Å²) < 4.78 is 11.2. The van der Waals surface area contributed by atoms with Crippen LogP contribution >= 0.6 is 0 Å². The first kappa shape index (κ1) is 12.7. The van der Waals surface area contributed by atoms with Crippen LogP contribution in [0.5, 0.6) is 0 Å². The number of carbonyl (C=O) groups is 1. The van der Waals surface area contributed by atoms with Gasteiger partial charge in [0.15, 0.2) is 5.76 Å². The van der Waals surface area contributed by atoms with Gasteiger partial charge in [0.2, 0.25) is 0 Å². The van der Waals surface area contributed by atoms with E-state index in [-0.39, 0.29) is 5.91 Å². The van der Waals surface area contributed by atoms with Crippen molar-refractivity contribution in [2.75, 3.05) is 0 Å². The second-order valence-electron chi connectivity index (χ2n) is 5.08. The number of fused-ring (bicyclic) bond motifs is 2. The summed E-state index contributed by atoms with van der Waals surface area (Å²) in [5.41, 5.74) is 1.52. The van der Waals surface area contributed by atoms with Crippen LogP contribution in [0.4, 0.5) is 0 Å². The fourth-order valence-electron chi connectivity index (χ4n) is 2.47. The number of nitrogens with one attached hydrogen (secondary N) is 1. The molecule has 0 bridgehead atoms. The number of benzene rings is 2. The molecule has 0 aliphatic heterocycles. The lowest BCUT2D eigenvalue weighted by Gasteiger charge is -1.99. The topological polar surface area (TPSA) is 55.4 Å². The lowest BCUT2D eigenvalue weighted by atomic mass is 10.2. The van der Waals surface area contributed by atoms with Crippen molar-refractivity contribution in [3.05, 3.63) is 72.2 Å². The molecule has 2 aromatic heterocycles. The Kier molecular flexibility index (Phi) is 2.93. The Hall–Kier alpha value is -3.01. The molecule has 2 aromatic carbocycles. The van der Waals surface area contributed by atoms with E-state index < -0.39 is 0 Å². The van der Waals surface area contributed by atoms with Gasteiger partial charge in [-0.05, 0) is 24.3 Å². The van der Waals surface area contributed by atoms with E-state index >= 15 is 0 Å². The SMILES string of the molecule is O=C(NCc1cc2ccccc2o1)c1cc2ccccc2o1. The molecule has 0 unspecified atom stereocenters. The van der Waals surface area contributed by atoms with Gasteiger partial charge in [-0.15, -0.1) is 0 Å². The summed E-state index contributed by atoms with van der Waals surface area (Å²) in [4.78, 5) is 12.2. The van der Waals surface area contributed by atoms with E-state index in [9.17, 15) is 4.79 Å². The van der Waals surface area contributed by atoms with E-state index in [2.05, 4.69) is 5.32 Å². The highest BCUT2D eigenvalue weighted by atomic mass is 16.3. The third-order valence-electron chi connectivity index (χ3n) is 3.55. The molecule has 0 fully saturated rings. The standard InChI is InChI=1S/C18H13NO3/c20-18(17-10-13-6-2-4-8-16(13)22-17)19-11-14-9-12-5-1-3-7-15(12)21-14/h1-10H,11H2,(H,19,20). The van der Waals surface area contributed by atoms with Gasteiger partial charge in [-0.1, -0.05) is 36.4 Å². The number of para-hydroxylation sites is 2. The highest BCUT2D eigenvalue weighted by Gasteiger charge is 2.12. The summed E-state index contributed by atoms with van der Waals surface area (Å²) >= 11 is 0. The van der Waals surface area contributed by atoms with Gasteiger partial charge in [0, 0.05) is 10.8 Å². The van der Waals surface area contributed by atoms with Crippen LogP contribution in [0.1, 0.15) is 16.3 Å². The quantitative estimate of drug-likeness (QED) is 0.618. The highest BCUT2D eigenvalue weighted by Crippen LogP contribution is 2.20. The number of carbonyl (C=O) groups excluding carboxylic acids is 1. The Morgan fingerprint density at radius 2 is 1.50 bits per heavy atom. The molecule has 0 saturated carbocycles. The zero-order valence-electron chi connectivity index (χ0n) is 11.7. The average Bonchev–Trinajstić information content (AvgIpc) is 3.15. The van der Waals surface area contributed by atoms with E-state index in [0.29, 0.717) is 23.6 Å². The van der Waals surface area contributed by atoms with Crippen LogP contribution in [-0.4, -0.2) is 5.91 Å². The van der Waals surface area contributed by atoms with Gasteiger partial charge in [0.05, 0.1) is 6.54 Å². The third kappa shape index (κ3) is 2.24. The van der Waals surface area contributed by atoms with Gasteiger partial charge >= 0.3 is 0 Å². The van der Waals surface area contributed by atoms with Crippen molar-refractivity contribution in [3.63, 3.8) is 0 Å². The molecule has 4 heteroatoms. The zero-order chi connectivity index (χ0) is 14.9. The van der Waals surface area contributed by atoms with Gasteiger partial charge < -0.3 is 14.2 Å². The lowest BCUT2D eigenvalue weighted by Crippen LogP contribution is -2.21. The maximum atomic E-state index is 12.2. The Labute approximate surface area is 126 Å². The summed E-state index contributed by atoms with van der Waals surface area (Å²) in [5, 5.41) is 4.75. The van der Waals surface area contributed by atoms with Crippen molar-refractivity contribution in [1.29, 1.82) is 0 Å². The first-order chi connectivity index (χ1) is 10.8. The Balaban J connectivity index is 1.51. The van der Waals surface area contributed by atoms with Crippen molar-refractivity contribution in [2.24, 2.45) is 0 Å². The van der Waals surface area contributed by atoms with E-state index in [4.69, 9.17) is 8.83 Å². The molecule has 0 aliphatic carbocycles. The molecular formula is C18H13NO3. The molecule has 0 radical (unpaired) electrons. The molecule has 1 N–H and O–H groups in total. The molecule has 0 spiro atoms. The van der Waals surface area contributed by atoms with E-state index in [0.717, 1.165) is 16.4 Å². The molecule has 1 amide bonds. The molecule has 4 nitrogen and oxygen atoms in total. The largest absolute Gasteiger partial charge is 0.459 e. The Bertz CT molecular complexity index is 898.